The molecule has 0 saturated carbocycles. The Morgan fingerprint density at radius 1 is 1.31 bits per heavy atom. The van der Waals surface area contributed by atoms with Crippen LogP contribution in [0.4, 0.5) is 0 Å². The highest BCUT2D eigenvalue weighted by atomic mass is 16.6. The summed E-state index contributed by atoms with van der Waals surface area (Å²) in [5.41, 5.74) is 0.582. The van der Waals surface area contributed by atoms with E-state index in [1.54, 1.807) is 25.1 Å². The number of ether oxygens (including phenoxy) is 3. The minimum absolute atomic E-state index is 0.0560. The van der Waals surface area contributed by atoms with E-state index in [0.717, 1.165) is 0 Å². The highest BCUT2D eigenvalue weighted by Crippen LogP contribution is 2.31. The first-order chi connectivity index (χ1) is 7.72. The van der Waals surface area contributed by atoms with Gasteiger partial charge in [0.05, 0.1) is 0 Å². The van der Waals surface area contributed by atoms with Crippen molar-refractivity contribution in [3.8, 4) is 11.5 Å². The van der Waals surface area contributed by atoms with Crippen LogP contribution in [0.3, 0.4) is 0 Å². The van der Waals surface area contributed by atoms with Gasteiger partial charge in [-0.15, -0.1) is 0 Å². The first kappa shape index (κ1) is 11.0. The van der Waals surface area contributed by atoms with E-state index >= 15 is 0 Å². The van der Waals surface area contributed by atoms with Crippen molar-refractivity contribution in [1.82, 2.24) is 0 Å². The van der Waals surface area contributed by atoms with Gasteiger partial charge in [0, 0.05) is 12.7 Å². The Hall–Kier alpha value is -1.55. The number of methoxy groups -OCH3 is 1. The van der Waals surface area contributed by atoms with Crippen molar-refractivity contribution < 1.29 is 19.0 Å². The third-order valence-electron chi connectivity index (χ3n) is 2.55. The molecule has 16 heavy (non-hydrogen) atoms. The van der Waals surface area contributed by atoms with E-state index in [1.807, 2.05) is 0 Å². The summed E-state index contributed by atoms with van der Waals surface area (Å²) < 4.78 is 15.8. The zero-order valence-corrected chi connectivity index (χ0v) is 9.36. The van der Waals surface area contributed by atoms with Gasteiger partial charge >= 0.3 is 0 Å². The van der Waals surface area contributed by atoms with Crippen molar-refractivity contribution in [2.75, 3.05) is 20.3 Å². The molecule has 0 aliphatic carbocycles. The van der Waals surface area contributed by atoms with Gasteiger partial charge in [-0.2, -0.15) is 0 Å². The number of rotatable bonds is 3. The Labute approximate surface area is 94.1 Å². The number of Topliss-reactive ketones (excluding diaryl/α,β-unsaturated/α-hetero) is 1. The van der Waals surface area contributed by atoms with E-state index < -0.39 is 6.10 Å². The number of carbonyl (C=O) groups excluding carboxylic acids is 1. The average Bonchev–Trinajstić information content (AvgIpc) is 2.36. The zero-order chi connectivity index (χ0) is 11.5. The molecule has 1 aromatic carbocycles. The summed E-state index contributed by atoms with van der Waals surface area (Å²) in [6.07, 6.45) is -0.442. The fraction of sp³-hybridized carbons (Fsp3) is 0.417. The Morgan fingerprint density at radius 3 is 2.69 bits per heavy atom. The Morgan fingerprint density at radius 2 is 2.00 bits per heavy atom. The molecule has 1 unspecified atom stereocenters. The Kier molecular flexibility index (Phi) is 3.10. The van der Waals surface area contributed by atoms with Crippen LogP contribution in [-0.4, -0.2) is 32.2 Å². The molecule has 1 aliphatic heterocycles. The molecule has 0 N–H and O–H groups in total. The lowest BCUT2D eigenvalue weighted by Gasteiger charge is -2.19. The summed E-state index contributed by atoms with van der Waals surface area (Å²) >= 11 is 0. The van der Waals surface area contributed by atoms with E-state index in [9.17, 15) is 4.79 Å². The maximum Gasteiger partial charge on any atom is 0.191 e. The van der Waals surface area contributed by atoms with Crippen LogP contribution < -0.4 is 9.47 Å². The number of fused-ring (bicyclic) bond motifs is 1. The molecule has 4 heteroatoms. The van der Waals surface area contributed by atoms with Gasteiger partial charge in [0.25, 0.3) is 0 Å². The van der Waals surface area contributed by atoms with Gasteiger partial charge in [-0.25, -0.2) is 0 Å². The molecule has 0 spiro atoms. The lowest BCUT2D eigenvalue weighted by molar-refractivity contribution is 0.0654. The molecule has 4 nitrogen and oxygen atoms in total. The molecule has 1 aliphatic rings. The van der Waals surface area contributed by atoms with Crippen molar-refractivity contribution in [3.63, 3.8) is 0 Å². The van der Waals surface area contributed by atoms with Crippen molar-refractivity contribution in [2.24, 2.45) is 0 Å². The Bertz CT molecular complexity index is 400. The molecule has 86 valence electrons. The Balaban J connectivity index is 2.26. The summed E-state index contributed by atoms with van der Waals surface area (Å²) in [4.78, 5) is 11.8. The molecule has 0 amide bonds. The normalized spacial score (nSPS) is 15.6. The van der Waals surface area contributed by atoms with Crippen molar-refractivity contribution in [1.29, 1.82) is 0 Å². The summed E-state index contributed by atoms with van der Waals surface area (Å²) in [7, 11) is 1.51. The lowest BCUT2D eigenvalue weighted by atomic mass is 10.1. The number of ketones is 1. The van der Waals surface area contributed by atoms with Gasteiger partial charge in [-0.05, 0) is 25.1 Å². The fourth-order valence-corrected chi connectivity index (χ4v) is 1.54. The molecule has 2 rings (SSSR count). The molecule has 0 radical (unpaired) electrons. The summed E-state index contributed by atoms with van der Waals surface area (Å²) in [6.45, 7) is 2.79. The maximum absolute atomic E-state index is 11.8. The quantitative estimate of drug-likeness (QED) is 0.730. The maximum atomic E-state index is 11.8. The molecule has 0 bridgehead atoms. The predicted octanol–water partition coefficient (Wildman–Crippen LogP) is 1.68. The van der Waals surface area contributed by atoms with Crippen LogP contribution in [0.5, 0.6) is 11.5 Å². The third-order valence-corrected chi connectivity index (χ3v) is 2.55. The smallest absolute Gasteiger partial charge is 0.191 e. The lowest BCUT2D eigenvalue weighted by Crippen LogP contribution is -2.20. The molecular weight excluding hydrogens is 208 g/mol. The molecule has 1 aromatic rings. The number of hydrogen-bond donors (Lipinski definition) is 0. The second kappa shape index (κ2) is 4.53. The van der Waals surface area contributed by atoms with Crippen molar-refractivity contribution >= 4 is 5.78 Å². The highest BCUT2D eigenvalue weighted by molar-refractivity contribution is 5.99. The first-order valence-electron chi connectivity index (χ1n) is 5.19. The number of benzene rings is 1. The molecule has 0 aromatic heterocycles. The topological polar surface area (TPSA) is 44.8 Å². The highest BCUT2D eigenvalue weighted by Gasteiger charge is 2.18. The second-order valence-corrected chi connectivity index (χ2v) is 3.60. The molecular formula is C12H14O4. The van der Waals surface area contributed by atoms with Crippen LogP contribution in [0.2, 0.25) is 0 Å². The van der Waals surface area contributed by atoms with Crippen LogP contribution in [0.1, 0.15) is 17.3 Å². The van der Waals surface area contributed by atoms with Crippen molar-refractivity contribution in [2.45, 2.75) is 13.0 Å². The number of carbonyl (C=O) groups is 1. The minimum atomic E-state index is -0.442. The van der Waals surface area contributed by atoms with Gasteiger partial charge in [-0.1, -0.05) is 0 Å². The summed E-state index contributed by atoms with van der Waals surface area (Å²) in [5.74, 6) is 1.26. The van der Waals surface area contributed by atoms with Gasteiger partial charge in [0.1, 0.15) is 19.3 Å². The van der Waals surface area contributed by atoms with E-state index in [1.165, 1.54) is 7.11 Å². The third kappa shape index (κ3) is 2.02. The zero-order valence-electron chi connectivity index (χ0n) is 9.36. The van der Waals surface area contributed by atoms with Gasteiger partial charge < -0.3 is 14.2 Å². The second-order valence-electron chi connectivity index (χ2n) is 3.60. The minimum Gasteiger partial charge on any atom is -0.486 e. The van der Waals surface area contributed by atoms with E-state index in [0.29, 0.717) is 30.3 Å². The summed E-state index contributed by atoms with van der Waals surface area (Å²) in [5, 5.41) is 0. The number of hydrogen-bond acceptors (Lipinski definition) is 4. The van der Waals surface area contributed by atoms with Crippen LogP contribution in [-0.2, 0) is 4.74 Å². The van der Waals surface area contributed by atoms with Gasteiger partial charge in [-0.3, -0.25) is 4.79 Å². The molecule has 1 atom stereocenters. The van der Waals surface area contributed by atoms with Gasteiger partial charge in [0.15, 0.2) is 17.3 Å². The van der Waals surface area contributed by atoms with E-state index in [-0.39, 0.29) is 5.78 Å². The molecule has 0 fully saturated rings. The van der Waals surface area contributed by atoms with Gasteiger partial charge in [0.2, 0.25) is 0 Å². The van der Waals surface area contributed by atoms with Crippen LogP contribution >= 0.6 is 0 Å². The standard InChI is InChI=1S/C12H14O4/c1-8(14-2)12(13)9-3-4-10-11(7-9)16-6-5-15-10/h3-4,7-8H,5-6H2,1-2H3. The first-order valence-corrected chi connectivity index (χ1v) is 5.19. The molecule has 1 heterocycles. The summed E-state index contributed by atoms with van der Waals surface area (Å²) in [6, 6.07) is 5.18. The van der Waals surface area contributed by atoms with Crippen LogP contribution in [0.25, 0.3) is 0 Å². The molecule has 0 saturated heterocycles. The van der Waals surface area contributed by atoms with Crippen LogP contribution in [0.15, 0.2) is 18.2 Å². The predicted molar refractivity (Wildman–Crippen MR) is 58.2 cm³/mol. The average molecular weight is 222 g/mol. The largest absolute Gasteiger partial charge is 0.486 e. The van der Waals surface area contributed by atoms with Crippen LogP contribution in [0, 0.1) is 0 Å². The van der Waals surface area contributed by atoms with E-state index in [4.69, 9.17) is 14.2 Å². The van der Waals surface area contributed by atoms with E-state index in [2.05, 4.69) is 0 Å². The van der Waals surface area contributed by atoms with Crippen molar-refractivity contribution in [3.05, 3.63) is 23.8 Å². The fourth-order valence-electron chi connectivity index (χ4n) is 1.54. The SMILES string of the molecule is COC(C)C(=O)c1ccc2c(c1)OCCO2. The monoisotopic (exact) mass is 222 g/mol.